The third kappa shape index (κ3) is 3.46. The highest BCUT2D eigenvalue weighted by Gasteiger charge is 2.16. The third-order valence-corrected chi connectivity index (χ3v) is 5.19. The van der Waals surface area contributed by atoms with Crippen LogP contribution in [0.1, 0.15) is 29.0 Å². The Morgan fingerprint density at radius 1 is 1.08 bits per heavy atom. The molecule has 0 atom stereocenters. The number of rotatable bonds is 3. The Bertz CT molecular complexity index is 891. The largest absolute Gasteiger partial charge is 0.334 e. The summed E-state index contributed by atoms with van der Waals surface area (Å²) in [7, 11) is 0. The number of aryl methyl sites for hydroxylation is 2. The molecule has 1 aromatic heterocycles. The first kappa shape index (κ1) is 16.3. The molecule has 1 amide bonds. The molecule has 2 aromatic carbocycles. The maximum atomic E-state index is 12.6. The molecule has 3 aromatic rings. The van der Waals surface area contributed by atoms with E-state index in [2.05, 4.69) is 38.7 Å². The van der Waals surface area contributed by atoms with Gasteiger partial charge in [0.15, 0.2) is 0 Å². The highest BCUT2D eigenvalue weighted by atomic mass is 127. The zero-order valence-corrected chi connectivity index (χ0v) is 15.9. The van der Waals surface area contributed by atoms with E-state index in [1.807, 2.05) is 48.5 Å². The summed E-state index contributed by atoms with van der Waals surface area (Å²) < 4.78 is 3.34. The predicted molar refractivity (Wildman–Crippen MR) is 108 cm³/mol. The molecule has 1 aliphatic heterocycles. The van der Waals surface area contributed by atoms with Gasteiger partial charge in [-0.1, -0.05) is 18.2 Å². The van der Waals surface area contributed by atoms with E-state index in [4.69, 9.17) is 4.98 Å². The lowest BCUT2D eigenvalue weighted by Gasteiger charge is -2.11. The molecule has 2 heterocycles. The average Bonchev–Trinajstić information content (AvgIpc) is 3.06. The number of anilines is 1. The van der Waals surface area contributed by atoms with Gasteiger partial charge in [0.1, 0.15) is 5.82 Å². The van der Waals surface area contributed by atoms with Crippen LogP contribution in [0.2, 0.25) is 0 Å². The molecule has 4 nitrogen and oxygen atoms in total. The van der Waals surface area contributed by atoms with Crippen molar-refractivity contribution in [2.75, 3.05) is 5.32 Å². The van der Waals surface area contributed by atoms with E-state index in [0.717, 1.165) is 39.3 Å². The molecule has 0 spiro atoms. The Labute approximate surface area is 160 Å². The lowest BCUT2D eigenvalue weighted by Crippen LogP contribution is -2.12. The normalized spacial score (nSPS) is 13.3. The fourth-order valence-corrected chi connectivity index (χ4v) is 3.51. The second kappa shape index (κ2) is 7.00. The number of benzene rings is 2. The fraction of sp³-hybridized carbons (Fsp3) is 0.200. The van der Waals surface area contributed by atoms with Crippen LogP contribution in [0.4, 0.5) is 5.69 Å². The van der Waals surface area contributed by atoms with Crippen molar-refractivity contribution in [2.45, 2.75) is 25.8 Å². The molecule has 0 aliphatic carbocycles. The second-order valence-corrected chi connectivity index (χ2v) is 7.45. The first-order valence-corrected chi connectivity index (χ1v) is 9.51. The second-order valence-electron chi connectivity index (χ2n) is 6.20. The SMILES string of the molecule is O=C(Nc1ccccc1-c1cn2c(n1)CCCC2)c1ccc(I)cc1. The monoisotopic (exact) mass is 443 g/mol. The first-order valence-electron chi connectivity index (χ1n) is 8.43. The number of amides is 1. The van der Waals surface area contributed by atoms with Gasteiger partial charge in [-0.25, -0.2) is 4.98 Å². The number of nitrogens with zero attached hydrogens (tertiary/aromatic N) is 2. The van der Waals surface area contributed by atoms with Crippen molar-refractivity contribution in [1.82, 2.24) is 9.55 Å². The smallest absolute Gasteiger partial charge is 0.255 e. The molecule has 0 saturated carbocycles. The number of carbonyl (C=O) groups excluding carboxylic acids is 1. The summed E-state index contributed by atoms with van der Waals surface area (Å²) >= 11 is 2.23. The zero-order valence-electron chi connectivity index (χ0n) is 13.7. The van der Waals surface area contributed by atoms with Gasteiger partial charge >= 0.3 is 0 Å². The van der Waals surface area contributed by atoms with Gasteiger partial charge in [0.05, 0.1) is 11.4 Å². The van der Waals surface area contributed by atoms with Crippen LogP contribution in [-0.4, -0.2) is 15.5 Å². The number of fused-ring (bicyclic) bond motifs is 1. The van der Waals surface area contributed by atoms with Crippen molar-refractivity contribution in [2.24, 2.45) is 0 Å². The fourth-order valence-electron chi connectivity index (χ4n) is 3.15. The van der Waals surface area contributed by atoms with Crippen molar-refractivity contribution < 1.29 is 4.79 Å². The van der Waals surface area contributed by atoms with Gasteiger partial charge in [0.25, 0.3) is 5.91 Å². The van der Waals surface area contributed by atoms with Crippen LogP contribution in [0.3, 0.4) is 0 Å². The number of imidazole rings is 1. The summed E-state index contributed by atoms with van der Waals surface area (Å²) in [4.78, 5) is 17.3. The average molecular weight is 443 g/mol. The lowest BCUT2D eigenvalue weighted by atomic mass is 10.1. The highest BCUT2D eigenvalue weighted by molar-refractivity contribution is 14.1. The van der Waals surface area contributed by atoms with Crippen molar-refractivity contribution in [3.8, 4) is 11.3 Å². The van der Waals surface area contributed by atoms with E-state index in [-0.39, 0.29) is 5.91 Å². The molecule has 0 radical (unpaired) electrons. The molecule has 0 unspecified atom stereocenters. The van der Waals surface area contributed by atoms with Gasteiger partial charge in [0.2, 0.25) is 0 Å². The Morgan fingerprint density at radius 2 is 1.88 bits per heavy atom. The molecule has 0 saturated heterocycles. The minimum absolute atomic E-state index is 0.104. The van der Waals surface area contributed by atoms with Crippen LogP contribution in [0, 0.1) is 3.57 Å². The van der Waals surface area contributed by atoms with E-state index >= 15 is 0 Å². The minimum Gasteiger partial charge on any atom is -0.334 e. The number of hydrogen-bond acceptors (Lipinski definition) is 2. The van der Waals surface area contributed by atoms with Gasteiger partial charge in [-0.15, -0.1) is 0 Å². The summed E-state index contributed by atoms with van der Waals surface area (Å²) in [5.74, 6) is 1.04. The van der Waals surface area contributed by atoms with Crippen LogP contribution in [0.5, 0.6) is 0 Å². The number of halogens is 1. The Balaban J connectivity index is 1.64. The van der Waals surface area contributed by atoms with Crippen molar-refractivity contribution in [3.05, 3.63) is 69.7 Å². The predicted octanol–water partition coefficient (Wildman–Crippen LogP) is 4.74. The van der Waals surface area contributed by atoms with E-state index in [0.29, 0.717) is 5.56 Å². The quantitative estimate of drug-likeness (QED) is 0.595. The summed E-state index contributed by atoms with van der Waals surface area (Å²) in [5, 5.41) is 3.03. The number of hydrogen-bond donors (Lipinski definition) is 1. The summed E-state index contributed by atoms with van der Waals surface area (Å²) in [6.45, 7) is 1.03. The van der Waals surface area contributed by atoms with Crippen molar-refractivity contribution >= 4 is 34.2 Å². The van der Waals surface area contributed by atoms with Gasteiger partial charge in [-0.2, -0.15) is 0 Å². The summed E-state index contributed by atoms with van der Waals surface area (Å²) in [6, 6.07) is 15.4. The molecule has 0 bridgehead atoms. The number of para-hydroxylation sites is 1. The Morgan fingerprint density at radius 3 is 2.68 bits per heavy atom. The maximum absolute atomic E-state index is 12.6. The Hall–Kier alpha value is -2.15. The molecule has 126 valence electrons. The number of carbonyl (C=O) groups is 1. The lowest BCUT2D eigenvalue weighted by molar-refractivity contribution is 0.102. The Kier molecular flexibility index (Phi) is 4.57. The van der Waals surface area contributed by atoms with E-state index in [9.17, 15) is 4.79 Å². The minimum atomic E-state index is -0.104. The van der Waals surface area contributed by atoms with Gasteiger partial charge in [0, 0.05) is 33.9 Å². The van der Waals surface area contributed by atoms with Crippen molar-refractivity contribution in [3.63, 3.8) is 0 Å². The maximum Gasteiger partial charge on any atom is 0.255 e. The van der Waals surface area contributed by atoms with Gasteiger partial charge < -0.3 is 9.88 Å². The van der Waals surface area contributed by atoms with Crippen LogP contribution in [0.25, 0.3) is 11.3 Å². The highest BCUT2D eigenvalue weighted by Crippen LogP contribution is 2.29. The molecule has 5 heteroatoms. The first-order chi connectivity index (χ1) is 12.2. The van der Waals surface area contributed by atoms with Gasteiger partial charge in [-0.3, -0.25) is 4.79 Å². The number of aromatic nitrogens is 2. The molecule has 1 N–H and O–H groups in total. The number of nitrogens with one attached hydrogen (secondary N) is 1. The van der Waals surface area contributed by atoms with Crippen molar-refractivity contribution in [1.29, 1.82) is 0 Å². The summed E-state index contributed by atoms with van der Waals surface area (Å²) in [6.07, 6.45) is 5.52. The van der Waals surface area contributed by atoms with E-state index < -0.39 is 0 Å². The molecule has 1 aliphatic rings. The molecular weight excluding hydrogens is 425 g/mol. The molecule has 0 fully saturated rings. The van der Waals surface area contributed by atoms with Crippen LogP contribution < -0.4 is 5.32 Å². The molecule has 4 rings (SSSR count). The molecular formula is C20H18IN3O. The zero-order chi connectivity index (χ0) is 17.2. The standard InChI is InChI=1S/C20H18IN3O/c21-15-10-8-14(9-11-15)20(25)23-17-6-2-1-5-16(17)18-13-24-12-4-3-7-19(24)22-18/h1-2,5-6,8-11,13H,3-4,7,12H2,(H,23,25). The third-order valence-electron chi connectivity index (χ3n) is 4.47. The molecule has 25 heavy (non-hydrogen) atoms. The topological polar surface area (TPSA) is 46.9 Å². The summed E-state index contributed by atoms with van der Waals surface area (Å²) in [5.41, 5.74) is 3.33. The van der Waals surface area contributed by atoms with Gasteiger partial charge in [-0.05, 0) is 65.8 Å². The van der Waals surface area contributed by atoms with E-state index in [1.54, 1.807) is 0 Å². The van der Waals surface area contributed by atoms with Crippen LogP contribution >= 0.6 is 22.6 Å². The van der Waals surface area contributed by atoms with Crippen LogP contribution in [0.15, 0.2) is 54.7 Å². The van der Waals surface area contributed by atoms with E-state index in [1.165, 1.54) is 12.8 Å². The van der Waals surface area contributed by atoms with Crippen LogP contribution in [-0.2, 0) is 13.0 Å².